The molecule has 0 unspecified atom stereocenters. The topological polar surface area (TPSA) is 52.3 Å². The van der Waals surface area contributed by atoms with Gasteiger partial charge in [0, 0.05) is 6.42 Å². The molecule has 0 amide bonds. The first-order valence-corrected chi connectivity index (χ1v) is 6.59. The van der Waals surface area contributed by atoms with Gasteiger partial charge in [0.15, 0.2) is 5.78 Å². The van der Waals surface area contributed by atoms with Crippen LogP contribution in [0.5, 0.6) is 5.75 Å². The molecule has 2 N–H and O–H groups in total. The quantitative estimate of drug-likeness (QED) is 0.786. The molecule has 1 saturated carbocycles. The molecule has 1 aromatic rings. The van der Waals surface area contributed by atoms with Crippen LogP contribution >= 0.6 is 0 Å². The molecule has 0 aromatic heterocycles. The van der Waals surface area contributed by atoms with Gasteiger partial charge in [-0.15, -0.1) is 0 Å². The maximum absolute atomic E-state index is 12.1. The highest BCUT2D eigenvalue weighted by Gasteiger charge is 2.23. The number of benzene rings is 1. The SMILES string of the molecule is Cc1cc(C)c(OCC2CC2)c(C(=O)CCN)c1. The van der Waals surface area contributed by atoms with Gasteiger partial charge in [0.2, 0.25) is 0 Å². The molecular weight excluding hydrogens is 226 g/mol. The van der Waals surface area contributed by atoms with Gasteiger partial charge in [-0.3, -0.25) is 4.79 Å². The van der Waals surface area contributed by atoms with Crippen molar-refractivity contribution in [2.75, 3.05) is 13.2 Å². The first kappa shape index (κ1) is 13.1. The van der Waals surface area contributed by atoms with E-state index >= 15 is 0 Å². The normalized spacial score (nSPS) is 14.6. The molecular formula is C15H21NO2. The van der Waals surface area contributed by atoms with Crippen molar-refractivity contribution in [2.45, 2.75) is 33.1 Å². The summed E-state index contributed by atoms with van der Waals surface area (Å²) in [5.74, 6) is 1.52. The van der Waals surface area contributed by atoms with Crippen molar-refractivity contribution in [1.82, 2.24) is 0 Å². The maximum atomic E-state index is 12.1. The van der Waals surface area contributed by atoms with E-state index in [1.54, 1.807) is 0 Å². The third-order valence-corrected chi connectivity index (χ3v) is 3.25. The minimum atomic E-state index is 0.0788. The first-order chi connectivity index (χ1) is 8.61. The molecule has 0 atom stereocenters. The van der Waals surface area contributed by atoms with Crippen LogP contribution in [0, 0.1) is 19.8 Å². The Kier molecular flexibility index (Phi) is 4.02. The maximum Gasteiger partial charge on any atom is 0.167 e. The number of ether oxygens (including phenoxy) is 1. The lowest BCUT2D eigenvalue weighted by Crippen LogP contribution is -2.12. The summed E-state index contributed by atoms with van der Waals surface area (Å²) in [6.45, 7) is 5.10. The zero-order valence-corrected chi connectivity index (χ0v) is 11.2. The lowest BCUT2D eigenvalue weighted by molar-refractivity contribution is 0.0981. The Morgan fingerprint density at radius 2 is 2.11 bits per heavy atom. The molecule has 0 radical (unpaired) electrons. The van der Waals surface area contributed by atoms with Crippen LogP contribution in [0.3, 0.4) is 0 Å². The summed E-state index contributed by atoms with van der Waals surface area (Å²) in [5, 5.41) is 0. The number of carbonyl (C=O) groups is 1. The van der Waals surface area contributed by atoms with Crippen molar-refractivity contribution in [3.05, 3.63) is 28.8 Å². The first-order valence-electron chi connectivity index (χ1n) is 6.59. The standard InChI is InChI=1S/C15H21NO2/c1-10-7-11(2)15(18-9-12-3-4-12)13(8-10)14(17)5-6-16/h7-8,12H,3-6,9,16H2,1-2H3. The van der Waals surface area contributed by atoms with Crippen molar-refractivity contribution < 1.29 is 9.53 Å². The van der Waals surface area contributed by atoms with E-state index in [-0.39, 0.29) is 5.78 Å². The molecule has 98 valence electrons. The molecule has 3 nitrogen and oxygen atoms in total. The number of rotatable bonds is 6. The Morgan fingerprint density at radius 1 is 1.39 bits per heavy atom. The second-order valence-corrected chi connectivity index (χ2v) is 5.17. The van der Waals surface area contributed by atoms with Crippen LogP contribution in [0.1, 0.15) is 40.7 Å². The van der Waals surface area contributed by atoms with Crippen LogP contribution in [-0.2, 0) is 0 Å². The van der Waals surface area contributed by atoms with Crippen LogP contribution in [0.25, 0.3) is 0 Å². The predicted molar refractivity (Wildman–Crippen MR) is 72.1 cm³/mol. The summed E-state index contributed by atoms with van der Waals surface area (Å²) < 4.78 is 5.85. The number of hydrogen-bond donors (Lipinski definition) is 1. The molecule has 0 bridgehead atoms. The molecule has 0 aliphatic heterocycles. The van der Waals surface area contributed by atoms with E-state index in [0.717, 1.165) is 23.5 Å². The largest absolute Gasteiger partial charge is 0.492 e. The fraction of sp³-hybridized carbons (Fsp3) is 0.533. The Balaban J connectivity index is 2.24. The zero-order chi connectivity index (χ0) is 13.1. The van der Waals surface area contributed by atoms with E-state index < -0.39 is 0 Å². The van der Waals surface area contributed by atoms with Crippen LogP contribution in [0.2, 0.25) is 0 Å². The summed E-state index contributed by atoms with van der Waals surface area (Å²) in [7, 11) is 0. The minimum absolute atomic E-state index is 0.0788. The molecule has 0 heterocycles. The molecule has 3 heteroatoms. The van der Waals surface area contributed by atoms with E-state index in [1.807, 2.05) is 19.9 Å². The van der Waals surface area contributed by atoms with Crippen molar-refractivity contribution in [3.8, 4) is 5.75 Å². The highest BCUT2D eigenvalue weighted by atomic mass is 16.5. The van der Waals surface area contributed by atoms with Crippen LogP contribution in [0.4, 0.5) is 0 Å². The van der Waals surface area contributed by atoms with E-state index in [1.165, 1.54) is 12.8 Å². The average Bonchev–Trinajstić information content (AvgIpc) is 3.11. The number of aryl methyl sites for hydroxylation is 2. The lowest BCUT2D eigenvalue weighted by atomic mass is 10.0. The molecule has 0 saturated heterocycles. The van der Waals surface area contributed by atoms with Crippen molar-refractivity contribution in [2.24, 2.45) is 11.7 Å². The Bertz CT molecular complexity index is 450. The summed E-state index contributed by atoms with van der Waals surface area (Å²) in [6, 6.07) is 3.97. The number of ketones is 1. The van der Waals surface area contributed by atoms with E-state index in [2.05, 4.69) is 6.07 Å². The van der Waals surface area contributed by atoms with E-state index in [4.69, 9.17) is 10.5 Å². The van der Waals surface area contributed by atoms with Gasteiger partial charge in [-0.1, -0.05) is 6.07 Å². The number of nitrogens with two attached hydrogens (primary N) is 1. The average molecular weight is 247 g/mol. The Morgan fingerprint density at radius 3 is 2.72 bits per heavy atom. The number of carbonyl (C=O) groups excluding carboxylic acids is 1. The highest BCUT2D eigenvalue weighted by molar-refractivity contribution is 5.99. The monoisotopic (exact) mass is 247 g/mol. The van der Waals surface area contributed by atoms with Gasteiger partial charge in [-0.25, -0.2) is 0 Å². The summed E-state index contributed by atoms with van der Waals surface area (Å²) in [4.78, 5) is 12.1. The summed E-state index contributed by atoms with van der Waals surface area (Å²) >= 11 is 0. The third-order valence-electron chi connectivity index (χ3n) is 3.25. The van der Waals surface area contributed by atoms with Crippen LogP contribution in [-0.4, -0.2) is 18.9 Å². The van der Waals surface area contributed by atoms with Crippen molar-refractivity contribution in [1.29, 1.82) is 0 Å². The van der Waals surface area contributed by atoms with Gasteiger partial charge in [-0.05, 0) is 56.3 Å². The Hall–Kier alpha value is -1.35. The van der Waals surface area contributed by atoms with Gasteiger partial charge in [-0.2, -0.15) is 0 Å². The summed E-state index contributed by atoms with van der Waals surface area (Å²) in [5.41, 5.74) is 8.28. The van der Waals surface area contributed by atoms with Gasteiger partial charge in [0.1, 0.15) is 5.75 Å². The van der Waals surface area contributed by atoms with E-state index in [0.29, 0.717) is 24.4 Å². The van der Waals surface area contributed by atoms with E-state index in [9.17, 15) is 4.79 Å². The lowest BCUT2D eigenvalue weighted by Gasteiger charge is -2.14. The molecule has 1 aromatic carbocycles. The fourth-order valence-corrected chi connectivity index (χ4v) is 2.10. The van der Waals surface area contributed by atoms with Gasteiger partial charge >= 0.3 is 0 Å². The molecule has 1 aliphatic carbocycles. The van der Waals surface area contributed by atoms with Crippen molar-refractivity contribution >= 4 is 5.78 Å². The van der Waals surface area contributed by atoms with Gasteiger partial charge in [0.05, 0.1) is 12.2 Å². The predicted octanol–water partition coefficient (Wildman–Crippen LogP) is 2.62. The van der Waals surface area contributed by atoms with Gasteiger partial charge in [0.25, 0.3) is 0 Å². The minimum Gasteiger partial charge on any atom is -0.492 e. The molecule has 2 rings (SSSR count). The van der Waals surface area contributed by atoms with Crippen LogP contribution < -0.4 is 10.5 Å². The zero-order valence-electron chi connectivity index (χ0n) is 11.2. The number of Topliss-reactive ketones (excluding diaryl/α,β-unsaturated/α-hetero) is 1. The number of hydrogen-bond acceptors (Lipinski definition) is 3. The van der Waals surface area contributed by atoms with Crippen molar-refractivity contribution in [3.63, 3.8) is 0 Å². The Labute approximate surface area is 108 Å². The van der Waals surface area contributed by atoms with Gasteiger partial charge < -0.3 is 10.5 Å². The molecule has 18 heavy (non-hydrogen) atoms. The van der Waals surface area contributed by atoms with Crippen LogP contribution in [0.15, 0.2) is 12.1 Å². The molecule has 1 aliphatic rings. The second-order valence-electron chi connectivity index (χ2n) is 5.17. The third kappa shape index (κ3) is 3.10. The smallest absolute Gasteiger partial charge is 0.167 e. The molecule has 1 fully saturated rings. The fourth-order valence-electron chi connectivity index (χ4n) is 2.10. The summed E-state index contributed by atoms with van der Waals surface area (Å²) in [6.07, 6.45) is 2.87. The molecule has 0 spiro atoms. The second kappa shape index (κ2) is 5.53. The highest BCUT2D eigenvalue weighted by Crippen LogP contribution is 2.32.